The Balaban J connectivity index is 2.01. The molecular weight excluding hydrogens is 253 g/mol. The van der Waals surface area contributed by atoms with Gasteiger partial charge in [0, 0.05) is 6.54 Å². The van der Waals surface area contributed by atoms with Gasteiger partial charge in [-0.15, -0.1) is 0 Å². The third kappa shape index (κ3) is 2.50. The number of hydrogen-bond acceptors (Lipinski definition) is 2. The average molecular weight is 265 g/mol. The van der Waals surface area contributed by atoms with Crippen LogP contribution in [0.5, 0.6) is 0 Å². The largest absolute Gasteiger partial charge is 0.406 e. The van der Waals surface area contributed by atoms with Crippen molar-refractivity contribution in [1.29, 1.82) is 0 Å². The van der Waals surface area contributed by atoms with E-state index in [1.54, 1.807) is 18.2 Å². The van der Waals surface area contributed by atoms with Crippen molar-refractivity contribution in [2.75, 3.05) is 5.73 Å². The minimum Gasteiger partial charge on any atom is -0.398 e. The van der Waals surface area contributed by atoms with Gasteiger partial charge in [0.1, 0.15) is 5.54 Å². The molecule has 1 aliphatic rings. The zero-order valence-electron chi connectivity index (χ0n) is 8.94. The van der Waals surface area contributed by atoms with Crippen molar-refractivity contribution in [3.05, 3.63) is 28.8 Å². The van der Waals surface area contributed by atoms with Gasteiger partial charge in [0.15, 0.2) is 0 Å². The molecule has 0 spiro atoms. The molecule has 94 valence electrons. The summed E-state index contributed by atoms with van der Waals surface area (Å²) < 4.78 is 37.9. The first kappa shape index (κ1) is 12.5. The maximum absolute atomic E-state index is 12.6. The maximum atomic E-state index is 12.6. The molecule has 0 amide bonds. The summed E-state index contributed by atoms with van der Waals surface area (Å²) in [4.78, 5) is 0. The van der Waals surface area contributed by atoms with Gasteiger partial charge in [0.25, 0.3) is 0 Å². The number of halogens is 4. The Labute approximate surface area is 102 Å². The highest BCUT2D eigenvalue weighted by Crippen LogP contribution is 2.49. The van der Waals surface area contributed by atoms with Gasteiger partial charge in [-0.25, -0.2) is 0 Å². The first-order chi connectivity index (χ1) is 7.84. The molecule has 0 radical (unpaired) electrons. The predicted molar refractivity (Wildman–Crippen MR) is 60.7 cm³/mol. The highest BCUT2D eigenvalue weighted by Gasteiger charge is 2.62. The Hall–Kier alpha value is -0.940. The molecule has 0 unspecified atom stereocenters. The number of nitrogen functional groups attached to an aromatic ring is 1. The van der Waals surface area contributed by atoms with Crippen molar-refractivity contribution in [2.24, 2.45) is 0 Å². The standard InChI is InChI=1S/C11H12ClF3N2/c12-8-2-1-7(5-9(8)16)6-17-10(3-4-10)11(13,14)15/h1-2,5,17H,3-4,6,16H2. The maximum Gasteiger partial charge on any atom is 0.406 e. The molecular formula is C11H12ClF3N2. The van der Waals surface area contributed by atoms with Gasteiger partial charge >= 0.3 is 6.18 Å². The lowest BCUT2D eigenvalue weighted by Crippen LogP contribution is -2.44. The van der Waals surface area contributed by atoms with E-state index in [0.29, 0.717) is 16.3 Å². The molecule has 1 aliphatic carbocycles. The van der Waals surface area contributed by atoms with Crippen molar-refractivity contribution >= 4 is 17.3 Å². The third-order valence-corrected chi connectivity index (χ3v) is 3.33. The van der Waals surface area contributed by atoms with Crippen LogP contribution in [-0.4, -0.2) is 11.7 Å². The van der Waals surface area contributed by atoms with Crippen molar-refractivity contribution in [3.8, 4) is 0 Å². The molecule has 3 N–H and O–H groups in total. The monoisotopic (exact) mass is 264 g/mol. The van der Waals surface area contributed by atoms with Crippen molar-refractivity contribution in [3.63, 3.8) is 0 Å². The SMILES string of the molecule is Nc1cc(CNC2(C(F)(F)F)CC2)ccc1Cl. The number of nitrogens with one attached hydrogen (secondary N) is 1. The molecule has 0 aliphatic heterocycles. The van der Waals surface area contributed by atoms with Crippen LogP contribution in [0.1, 0.15) is 18.4 Å². The van der Waals surface area contributed by atoms with Crippen LogP contribution < -0.4 is 11.1 Å². The average Bonchev–Trinajstić information content (AvgIpc) is 3.00. The first-order valence-electron chi connectivity index (χ1n) is 5.20. The minimum absolute atomic E-state index is 0.138. The molecule has 1 fully saturated rings. The Morgan fingerprint density at radius 1 is 1.35 bits per heavy atom. The van der Waals surface area contributed by atoms with Gasteiger partial charge in [-0.2, -0.15) is 13.2 Å². The quantitative estimate of drug-likeness (QED) is 0.824. The molecule has 0 bridgehead atoms. The summed E-state index contributed by atoms with van der Waals surface area (Å²) in [5.41, 5.74) is 4.96. The summed E-state index contributed by atoms with van der Waals surface area (Å²) in [6.45, 7) is 0.140. The van der Waals surface area contributed by atoms with Gasteiger partial charge in [-0.05, 0) is 30.5 Å². The smallest absolute Gasteiger partial charge is 0.398 e. The zero-order chi connectivity index (χ0) is 12.7. The minimum atomic E-state index is -4.19. The highest BCUT2D eigenvalue weighted by molar-refractivity contribution is 6.33. The van der Waals surface area contributed by atoms with Crippen LogP contribution in [-0.2, 0) is 6.54 Å². The van der Waals surface area contributed by atoms with Crippen molar-refractivity contribution in [1.82, 2.24) is 5.32 Å². The molecule has 17 heavy (non-hydrogen) atoms. The van der Waals surface area contributed by atoms with E-state index in [-0.39, 0.29) is 19.4 Å². The molecule has 1 aromatic carbocycles. The number of rotatable bonds is 3. The van der Waals surface area contributed by atoms with E-state index >= 15 is 0 Å². The number of hydrogen-bond donors (Lipinski definition) is 2. The normalized spacial score (nSPS) is 18.1. The van der Waals surface area contributed by atoms with Gasteiger partial charge in [-0.3, -0.25) is 5.32 Å². The first-order valence-corrected chi connectivity index (χ1v) is 5.57. The van der Waals surface area contributed by atoms with Gasteiger partial charge in [0.05, 0.1) is 10.7 Å². The van der Waals surface area contributed by atoms with Crippen LogP contribution in [0.2, 0.25) is 5.02 Å². The van der Waals surface area contributed by atoms with Crippen LogP contribution >= 0.6 is 11.6 Å². The van der Waals surface area contributed by atoms with E-state index in [4.69, 9.17) is 17.3 Å². The second-order valence-electron chi connectivity index (χ2n) is 4.29. The Morgan fingerprint density at radius 2 is 2.00 bits per heavy atom. The van der Waals surface area contributed by atoms with E-state index in [2.05, 4.69) is 5.32 Å². The van der Waals surface area contributed by atoms with Crippen molar-refractivity contribution < 1.29 is 13.2 Å². The Bertz CT molecular complexity index is 427. The summed E-state index contributed by atoms with van der Waals surface area (Å²) in [5, 5.41) is 2.96. The molecule has 2 nitrogen and oxygen atoms in total. The molecule has 2 rings (SSSR count). The van der Waals surface area contributed by atoms with E-state index in [9.17, 15) is 13.2 Å². The molecule has 0 atom stereocenters. The third-order valence-electron chi connectivity index (χ3n) is 2.98. The molecule has 1 saturated carbocycles. The molecule has 1 aromatic rings. The fourth-order valence-electron chi connectivity index (χ4n) is 1.66. The second kappa shape index (κ2) is 4.07. The predicted octanol–water partition coefficient (Wildman–Crippen LogP) is 3.11. The van der Waals surface area contributed by atoms with E-state index in [1.807, 2.05) is 0 Å². The number of anilines is 1. The molecule has 0 aromatic heterocycles. The summed E-state index contributed by atoms with van der Waals surface area (Å²) in [6, 6.07) is 4.83. The van der Waals surface area contributed by atoms with E-state index in [1.165, 1.54) is 0 Å². The topological polar surface area (TPSA) is 38.0 Å². The van der Waals surface area contributed by atoms with Crippen LogP contribution in [0.4, 0.5) is 18.9 Å². The Morgan fingerprint density at radius 3 is 2.47 bits per heavy atom. The summed E-state index contributed by atoms with van der Waals surface area (Å²) in [6.07, 6.45) is -3.91. The molecule has 0 saturated heterocycles. The lowest BCUT2D eigenvalue weighted by Gasteiger charge is -2.20. The van der Waals surface area contributed by atoms with Crippen molar-refractivity contribution in [2.45, 2.75) is 31.1 Å². The summed E-state index contributed by atoms with van der Waals surface area (Å²) in [7, 11) is 0. The molecule has 6 heteroatoms. The van der Waals surface area contributed by atoms with E-state index in [0.717, 1.165) is 0 Å². The lowest BCUT2D eigenvalue weighted by molar-refractivity contribution is -0.166. The second-order valence-corrected chi connectivity index (χ2v) is 4.70. The highest BCUT2D eigenvalue weighted by atomic mass is 35.5. The fourth-order valence-corrected chi connectivity index (χ4v) is 1.78. The lowest BCUT2D eigenvalue weighted by atomic mass is 10.1. The van der Waals surface area contributed by atoms with E-state index < -0.39 is 11.7 Å². The van der Waals surface area contributed by atoms with Crippen LogP contribution in [0.3, 0.4) is 0 Å². The number of alkyl halides is 3. The van der Waals surface area contributed by atoms with Crippen LogP contribution in [0.15, 0.2) is 18.2 Å². The summed E-state index contributed by atoms with van der Waals surface area (Å²) >= 11 is 5.73. The fraction of sp³-hybridized carbons (Fsp3) is 0.455. The Kier molecular flexibility index (Phi) is 2.99. The number of benzene rings is 1. The summed E-state index contributed by atoms with van der Waals surface area (Å²) in [5.74, 6) is 0. The van der Waals surface area contributed by atoms with Gasteiger partial charge in [-0.1, -0.05) is 17.7 Å². The van der Waals surface area contributed by atoms with Gasteiger partial charge in [0.2, 0.25) is 0 Å². The van der Waals surface area contributed by atoms with Crippen LogP contribution in [0, 0.1) is 0 Å². The van der Waals surface area contributed by atoms with Crippen LogP contribution in [0.25, 0.3) is 0 Å². The zero-order valence-corrected chi connectivity index (χ0v) is 9.70. The number of nitrogens with two attached hydrogens (primary N) is 1. The van der Waals surface area contributed by atoms with Gasteiger partial charge < -0.3 is 5.73 Å². The molecule has 0 heterocycles.